The van der Waals surface area contributed by atoms with Crippen LogP contribution in [-0.2, 0) is 10.0 Å². The van der Waals surface area contributed by atoms with E-state index in [0.29, 0.717) is 47.4 Å². The number of aromatic hydroxyl groups is 1. The van der Waals surface area contributed by atoms with Gasteiger partial charge < -0.3 is 15.0 Å². The molecule has 3 aromatic rings. The molecule has 0 saturated carbocycles. The summed E-state index contributed by atoms with van der Waals surface area (Å²) in [5.74, 6) is -0.0839. The van der Waals surface area contributed by atoms with Gasteiger partial charge in [-0.2, -0.15) is 9.57 Å². The third kappa shape index (κ3) is 4.10. The second kappa shape index (κ2) is 8.21. The van der Waals surface area contributed by atoms with Crippen molar-refractivity contribution in [1.29, 1.82) is 5.26 Å². The summed E-state index contributed by atoms with van der Waals surface area (Å²) in [6.07, 6.45) is 1.30. The lowest BCUT2D eigenvalue weighted by atomic mass is 10.1. The number of nitriles is 1. The summed E-state index contributed by atoms with van der Waals surface area (Å²) in [6, 6.07) is 10.1. The molecule has 29 heavy (non-hydrogen) atoms. The smallest absolute Gasteiger partial charge is 0.244 e. The molecule has 8 nitrogen and oxygen atoms in total. The van der Waals surface area contributed by atoms with Crippen molar-refractivity contribution in [3.05, 3.63) is 42.1 Å². The Bertz CT molecular complexity index is 1160. The Labute approximate surface area is 170 Å². The number of nitrogens with one attached hydrogen (secondary N) is 1. The topological polar surface area (TPSA) is 113 Å². The maximum Gasteiger partial charge on any atom is 0.244 e. The second-order valence-corrected chi connectivity index (χ2v) is 8.84. The summed E-state index contributed by atoms with van der Waals surface area (Å²) in [7, 11) is 0.117. The zero-order valence-electron chi connectivity index (χ0n) is 16.5. The van der Waals surface area contributed by atoms with E-state index < -0.39 is 10.0 Å². The molecule has 0 bridgehead atoms. The summed E-state index contributed by atoms with van der Waals surface area (Å²) < 4.78 is 27.2. The first-order valence-corrected chi connectivity index (χ1v) is 10.6. The van der Waals surface area contributed by atoms with Crippen LogP contribution in [0.2, 0.25) is 0 Å². The number of benzene rings is 1. The SMILES string of the molecule is CCN(CCN(C)C)S(=O)(=O)c1ccc(-c2c(O)[nH]c3ccc(C#N)cc23)nc1. The molecule has 0 spiro atoms. The fourth-order valence-electron chi connectivity index (χ4n) is 3.10. The van der Waals surface area contributed by atoms with E-state index in [1.165, 1.54) is 16.6 Å². The molecular weight excluding hydrogens is 390 g/mol. The highest BCUT2D eigenvalue weighted by Crippen LogP contribution is 2.36. The van der Waals surface area contributed by atoms with E-state index in [1.54, 1.807) is 31.2 Å². The number of sulfonamides is 1. The lowest BCUT2D eigenvalue weighted by molar-refractivity contribution is 0.340. The van der Waals surface area contributed by atoms with E-state index in [9.17, 15) is 13.5 Å². The van der Waals surface area contributed by atoms with Gasteiger partial charge in [0.1, 0.15) is 4.90 Å². The summed E-state index contributed by atoms with van der Waals surface area (Å²) in [4.78, 5) is 9.16. The van der Waals surface area contributed by atoms with Crippen molar-refractivity contribution in [3.8, 4) is 23.2 Å². The van der Waals surface area contributed by atoms with Crippen molar-refractivity contribution in [3.63, 3.8) is 0 Å². The Kier molecular flexibility index (Phi) is 5.88. The third-order valence-corrected chi connectivity index (χ3v) is 6.65. The zero-order valence-corrected chi connectivity index (χ0v) is 17.4. The predicted molar refractivity (Wildman–Crippen MR) is 111 cm³/mol. The lowest BCUT2D eigenvalue weighted by Gasteiger charge is -2.22. The van der Waals surface area contributed by atoms with E-state index in [-0.39, 0.29) is 10.8 Å². The molecular formula is C20H23N5O3S. The molecule has 152 valence electrons. The van der Waals surface area contributed by atoms with Gasteiger partial charge in [0.2, 0.25) is 10.0 Å². The fourth-order valence-corrected chi connectivity index (χ4v) is 4.48. The second-order valence-electron chi connectivity index (χ2n) is 6.90. The summed E-state index contributed by atoms with van der Waals surface area (Å²) >= 11 is 0. The van der Waals surface area contributed by atoms with Crippen LogP contribution in [0.4, 0.5) is 0 Å². The average Bonchev–Trinajstić information content (AvgIpc) is 3.02. The number of hydrogen-bond donors (Lipinski definition) is 2. The number of nitrogens with zero attached hydrogens (tertiary/aromatic N) is 4. The zero-order chi connectivity index (χ0) is 21.2. The van der Waals surface area contributed by atoms with Crippen LogP contribution in [0.15, 0.2) is 41.4 Å². The molecule has 9 heteroatoms. The van der Waals surface area contributed by atoms with Crippen LogP contribution >= 0.6 is 0 Å². The Morgan fingerprint density at radius 1 is 1.21 bits per heavy atom. The van der Waals surface area contributed by atoms with E-state index in [4.69, 9.17) is 5.26 Å². The van der Waals surface area contributed by atoms with Gasteiger partial charge in [-0.3, -0.25) is 4.98 Å². The van der Waals surface area contributed by atoms with Crippen molar-refractivity contribution >= 4 is 20.9 Å². The molecule has 2 aromatic heterocycles. The molecule has 2 heterocycles. The van der Waals surface area contributed by atoms with Gasteiger partial charge in [0.05, 0.1) is 22.9 Å². The molecule has 0 saturated heterocycles. The lowest BCUT2D eigenvalue weighted by Crippen LogP contribution is -2.36. The average molecular weight is 414 g/mol. The first-order valence-electron chi connectivity index (χ1n) is 9.14. The Morgan fingerprint density at radius 3 is 2.55 bits per heavy atom. The van der Waals surface area contributed by atoms with Crippen molar-refractivity contribution in [2.45, 2.75) is 11.8 Å². The molecule has 0 aliphatic carbocycles. The highest BCUT2D eigenvalue weighted by molar-refractivity contribution is 7.89. The summed E-state index contributed by atoms with van der Waals surface area (Å²) in [5.41, 5.74) is 1.97. The molecule has 0 unspecified atom stereocenters. The minimum Gasteiger partial charge on any atom is -0.494 e. The highest BCUT2D eigenvalue weighted by Gasteiger charge is 2.24. The van der Waals surface area contributed by atoms with Gasteiger partial charge in [-0.05, 0) is 44.4 Å². The maximum atomic E-state index is 12.9. The minimum absolute atomic E-state index is 0.0839. The first kappa shape index (κ1) is 20.8. The van der Waals surface area contributed by atoms with Gasteiger partial charge in [0.25, 0.3) is 0 Å². The largest absolute Gasteiger partial charge is 0.494 e. The van der Waals surface area contributed by atoms with Crippen molar-refractivity contribution in [2.24, 2.45) is 0 Å². The van der Waals surface area contributed by atoms with Crippen LogP contribution < -0.4 is 0 Å². The van der Waals surface area contributed by atoms with Gasteiger partial charge in [0, 0.05) is 36.7 Å². The van der Waals surface area contributed by atoms with Crippen LogP contribution in [0, 0.1) is 11.3 Å². The number of pyridine rings is 1. The molecule has 1 aromatic carbocycles. The van der Waals surface area contributed by atoms with E-state index in [2.05, 4.69) is 16.0 Å². The number of likely N-dealkylation sites (N-methyl/N-ethyl adjacent to an activating group) is 2. The molecule has 3 rings (SSSR count). The van der Waals surface area contributed by atoms with Crippen LogP contribution in [0.5, 0.6) is 5.88 Å². The molecule has 0 fully saturated rings. The van der Waals surface area contributed by atoms with E-state index in [0.717, 1.165) is 0 Å². The van der Waals surface area contributed by atoms with Crippen molar-refractivity contribution in [2.75, 3.05) is 33.7 Å². The molecule has 0 aliphatic rings. The van der Waals surface area contributed by atoms with Gasteiger partial charge in [-0.25, -0.2) is 8.42 Å². The summed E-state index contributed by atoms with van der Waals surface area (Å²) in [6.45, 7) is 3.15. The third-order valence-electron chi connectivity index (χ3n) is 4.69. The van der Waals surface area contributed by atoms with Gasteiger partial charge >= 0.3 is 0 Å². The first-order chi connectivity index (χ1) is 13.8. The monoisotopic (exact) mass is 413 g/mol. The van der Waals surface area contributed by atoms with Gasteiger partial charge in [-0.15, -0.1) is 0 Å². The predicted octanol–water partition coefficient (Wildman–Crippen LogP) is 2.38. The number of aromatic amines is 1. The van der Waals surface area contributed by atoms with Crippen LogP contribution in [0.1, 0.15) is 12.5 Å². The quantitative estimate of drug-likeness (QED) is 0.615. The van der Waals surface area contributed by atoms with Gasteiger partial charge in [0.15, 0.2) is 5.88 Å². The van der Waals surface area contributed by atoms with Crippen LogP contribution in [0.25, 0.3) is 22.2 Å². The number of fused-ring (bicyclic) bond motifs is 1. The van der Waals surface area contributed by atoms with Crippen molar-refractivity contribution in [1.82, 2.24) is 19.2 Å². The highest BCUT2D eigenvalue weighted by atomic mass is 32.2. The Hall–Kier alpha value is -2.93. The molecule has 0 radical (unpaired) electrons. The molecule has 2 N–H and O–H groups in total. The molecule has 0 amide bonds. The van der Waals surface area contributed by atoms with Gasteiger partial charge in [-0.1, -0.05) is 6.92 Å². The normalized spacial score (nSPS) is 12.0. The summed E-state index contributed by atoms with van der Waals surface area (Å²) in [5, 5.41) is 20.1. The Balaban J connectivity index is 1.98. The molecule has 0 atom stereocenters. The van der Waals surface area contributed by atoms with E-state index in [1.807, 2.05) is 19.0 Å². The van der Waals surface area contributed by atoms with Crippen LogP contribution in [-0.4, -0.2) is 66.4 Å². The fraction of sp³-hybridized carbons (Fsp3) is 0.300. The number of rotatable bonds is 7. The van der Waals surface area contributed by atoms with E-state index >= 15 is 0 Å². The standard InChI is InChI=1S/C20H23N5O3S/c1-4-25(10-9-24(2)3)29(27,28)15-6-8-18(22-13-15)19-16-11-14(12-21)5-7-17(16)23-20(19)26/h5-8,11,13,23,26H,4,9-10H2,1-3H3. The number of aromatic nitrogens is 2. The van der Waals surface area contributed by atoms with Crippen molar-refractivity contribution < 1.29 is 13.5 Å². The number of H-pyrrole nitrogens is 1. The Morgan fingerprint density at radius 2 is 1.97 bits per heavy atom. The number of hydrogen-bond acceptors (Lipinski definition) is 6. The maximum absolute atomic E-state index is 12.9. The van der Waals surface area contributed by atoms with Crippen LogP contribution in [0.3, 0.4) is 0 Å². The molecule has 0 aliphatic heterocycles. The minimum atomic E-state index is -3.66.